The molecule has 5 heteroatoms. The van der Waals surface area contributed by atoms with E-state index in [4.69, 9.17) is 4.74 Å². The number of anilines is 1. The minimum atomic E-state index is -0.381. The zero-order chi connectivity index (χ0) is 14.5. The molecule has 2 heterocycles. The molecule has 2 aromatic rings. The van der Waals surface area contributed by atoms with Crippen molar-refractivity contribution in [2.75, 3.05) is 12.4 Å². The fourth-order valence-electron chi connectivity index (χ4n) is 2.03. The van der Waals surface area contributed by atoms with Crippen LogP contribution in [0.2, 0.25) is 0 Å². The van der Waals surface area contributed by atoms with Gasteiger partial charge in [-0.15, -0.1) is 0 Å². The van der Waals surface area contributed by atoms with E-state index >= 15 is 0 Å². The Bertz CT molecular complexity index is 602. The molecule has 2 aromatic heterocycles. The maximum absolute atomic E-state index is 13.2. The van der Waals surface area contributed by atoms with Crippen LogP contribution in [-0.2, 0) is 13.0 Å². The fraction of sp³-hybridized carbons (Fsp3) is 0.333. The SMILES string of the molecule is CCc1ccc(NCc2cc(F)cnc2OC)nc1C. The lowest BCUT2D eigenvalue weighted by Crippen LogP contribution is -2.06. The van der Waals surface area contributed by atoms with Crippen LogP contribution in [0.15, 0.2) is 24.4 Å². The zero-order valence-electron chi connectivity index (χ0n) is 11.9. The number of hydrogen-bond acceptors (Lipinski definition) is 4. The quantitative estimate of drug-likeness (QED) is 0.910. The van der Waals surface area contributed by atoms with Gasteiger partial charge in [0, 0.05) is 17.8 Å². The highest BCUT2D eigenvalue weighted by molar-refractivity contribution is 5.40. The molecule has 20 heavy (non-hydrogen) atoms. The average molecular weight is 275 g/mol. The first kappa shape index (κ1) is 14.2. The number of aryl methyl sites for hydroxylation is 2. The number of nitrogens with one attached hydrogen (secondary N) is 1. The van der Waals surface area contributed by atoms with Crippen molar-refractivity contribution in [3.05, 3.63) is 47.0 Å². The van der Waals surface area contributed by atoms with Crippen LogP contribution >= 0.6 is 0 Å². The highest BCUT2D eigenvalue weighted by atomic mass is 19.1. The molecule has 2 rings (SSSR count). The first-order chi connectivity index (χ1) is 9.63. The summed E-state index contributed by atoms with van der Waals surface area (Å²) in [6.45, 7) is 4.49. The smallest absolute Gasteiger partial charge is 0.218 e. The lowest BCUT2D eigenvalue weighted by molar-refractivity contribution is 0.391. The topological polar surface area (TPSA) is 47.0 Å². The Kier molecular flexibility index (Phi) is 4.50. The normalized spacial score (nSPS) is 10.4. The summed E-state index contributed by atoms with van der Waals surface area (Å²) in [5.74, 6) is 0.792. The van der Waals surface area contributed by atoms with Crippen LogP contribution in [0, 0.1) is 12.7 Å². The maximum Gasteiger partial charge on any atom is 0.218 e. The Labute approximate surface area is 118 Å². The van der Waals surface area contributed by atoms with E-state index in [0.29, 0.717) is 18.0 Å². The third kappa shape index (κ3) is 3.23. The van der Waals surface area contributed by atoms with Crippen LogP contribution in [0.4, 0.5) is 10.2 Å². The minimum absolute atomic E-state index is 0.381. The second kappa shape index (κ2) is 6.32. The van der Waals surface area contributed by atoms with Gasteiger partial charge in [0.25, 0.3) is 0 Å². The molecule has 4 nitrogen and oxygen atoms in total. The van der Waals surface area contributed by atoms with E-state index in [0.717, 1.165) is 24.1 Å². The van der Waals surface area contributed by atoms with E-state index in [9.17, 15) is 4.39 Å². The summed E-state index contributed by atoms with van der Waals surface area (Å²) in [4.78, 5) is 8.37. The second-order valence-electron chi connectivity index (χ2n) is 4.47. The van der Waals surface area contributed by atoms with Gasteiger partial charge in [0.1, 0.15) is 11.6 Å². The second-order valence-corrected chi connectivity index (χ2v) is 4.47. The number of ether oxygens (including phenoxy) is 1. The summed E-state index contributed by atoms with van der Waals surface area (Å²) in [5, 5.41) is 3.16. The molecule has 0 saturated heterocycles. The van der Waals surface area contributed by atoms with E-state index in [1.165, 1.54) is 18.7 Å². The van der Waals surface area contributed by atoms with Crippen LogP contribution < -0.4 is 10.1 Å². The van der Waals surface area contributed by atoms with Gasteiger partial charge in [-0.05, 0) is 31.0 Å². The molecule has 0 aromatic carbocycles. The maximum atomic E-state index is 13.2. The standard InChI is InChI=1S/C15H18FN3O/c1-4-11-5-6-14(19-10(11)2)17-8-12-7-13(16)9-18-15(12)20-3/h5-7,9H,4,8H2,1-3H3,(H,17,19). The van der Waals surface area contributed by atoms with Crippen molar-refractivity contribution in [3.8, 4) is 5.88 Å². The number of aromatic nitrogens is 2. The molecule has 0 fully saturated rings. The van der Waals surface area contributed by atoms with Crippen molar-refractivity contribution in [2.45, 2.75) is 26.8 Å². The Morgan fingerprint density at radius 3 is 2.75 bits per heavy atom. The van der Waals surface area contributed by atoms with Gasteiger partial charge in [0.05, 0.1) is 13.3 Å². The number of nitrogens with zero attached hydrogens (tertiary/aromatic N) is 2. The Morgan fingerprint density at radius 1 is 1.30 bits per heavy atom. The summed E-state index contributed by atoms with van der Waals surface area (Å²) >= 11 is 0. The van der Waals surface area contributed by atoms with Gasteiger partial charge in [-0.2, -0.15) is 0 Å². The molecule has 0 spiro atoms. The molecular formula is C15H18FN3O. The van der Waals surface area contributed by atoms with Crippen molar-refractivity contribution >= 4 is 5.82 Å². The third-order valence-corrected chi connectivity index (χ3v) is 3.12. The summed E-state index contributed by atoms with van der Waals surface area (Å²) in [7, 11) is 1.52. The first-order valence-corrected chi connectivity index (χ1v) is 6.52. The van der Waals surface area contributed by atoms with Gasteiger partial charge in [-0.1, -0.05) is 13.0 Å². The molecule has 0 unspecified atom stereocenters. The molecule has 0 atom stereocenters. The molecule has 0 saturated carbocycles. The lowest BCUT2D eigenvalue weighted by Gasteiger charge is -2.10. The van der Waals surface area contributed by atoms with Crippen molar-refractivity contribution in [1.29, 1.82) is 0 Å². The van der Waals surface area contributed by atoms with E-state index in [1.54, 1.807) is 0 Å². The fourth-order valence-corrected chi connectivity index (χ4v) is 2.03. The number of rotatable bonds is 5. The van der Waals surface area contributed by atoms with Crippen LogP contribution in [0.5, 0.6) is 5.88 Å². The highest BCUT2D eigenvalue weighted by Gasteiger charge is 2.07. The van der Waals surface area contributed by atoms with Crippen molar-refractivity contribution in [1.82, 2.24) is 9.97 Å². The Morgan fingerprint density at radius 2 is 2.10 bits per heavy atom. The van der Waals surface area contributed by atoms with Crippen molar-refractivity contribution < 1.29 is 9.13 Å². The largest absolute Gasteiger partial charge is 0.481 e. The molecule has 0 aliphatic heterocycles. The van der Waals surface area contributed by atoms with Gasteiger partial charge in [-0.3, -0.25) is 0 Å². The van der Waals surface area contributed by atoms with Crippen LogP contribution in [0.25, 0.3) is 0 Å². The first-order valence-electron chi connectivity index (χ1n) is 6.52. The summed E-state index contributed by atoms with van der Waals surface area (Å²) in [6, 6.07) is 5.38. The molecule has 0 amide bonds. The third-order valence-electron chi connectivity index (χ3n) is 3.12. The van der Waals surface area contributed by atoms with Gasteiger partial charge in [-0.25, -0.2) is 14.4 Å². The summed E-state index contributed by atoms with van der Waals surface area (Å²) in [5.41, 5.74) is 2.88. The van der Waals surface area contributed by atoms with Crippen molar-refractivity contribution in [3.63, 3.8) is 0 Å². The molecule has 0 bridgehead atoms. The molecular weight excluding hydrogens is 257 g/mol. The number of hydrogen-bond donors (Lipinski definition) is 1. The number of methoxy groups -OCH3 is 1. The van der Waals surface area contributed by atoms with E-state index in [-0.39, 0.29) is 5.82 Å². The molecule has 0 aliphatic rings. The van der Waals surface area contributed by atoms with Gasteiger partial charge in [0.2, 0.25) is 5.88 Å². The predicted molar refractivity (Wildman–Crippen MR) is 76.4 cm³/mol. The number of halogens is 1. The molecule has 0 radical (unpaired) electrons. The average Bonchev–Trinajstić information content (AvgIpc) is 2.45. The Hall–Kier alpha value is -2.17. The Balaban J connectivity index is 2.12. The van der Waals surface area contributed by atoms with Gasteiger partial charge >= 0.3 is 0 Å². The van der Waals surface area contributed by atoms with Crippen molar-refractivity contribution in [2.24, 2.45) is 0 Å². The lowest BCUT2D eigenvalue weighted by atomic mass is 10.1. The summed E-state index contributed by atoms with van der Waals surface area (Å²) in [6.07, 6.45) is 2.10. The van der Waals surface area contributed by atoms with Crippen LogP contribution in [0.3, 0.4) is 0 Å². The highest BCUT2D eigenvalue weighted by Crippen LogP contribution is 2.18. The van der Waals surface area contributed by atoms with Gasteiger partial charge < -0.3 is 10.1 Å². The zero-order valence-corrected chi connectivity index (χ0v) is 11.9. The van der Waals surface area contributed by atoms with E-state index in [1.807, 2.05) is 19.1 Å². The summed E-state index contributed by atoms with van der Waals surface area (Å²) < 4.78 is 18.3. The van der Waals surface area contributed by atoms with Crippen LogP contribution in [-0.4, -0.2) is 17.1 Å². The molecule has 106 valence electrons. The van der Waals surface area contributed by atoms with E-state index < -0.39 is 0 Å². The van der Waals surface area contributed by atoms with Crippen LogP contribution in [0.1, 0.15) is 23.7 Å². The number of pyridine rings is 2. The molecule has 0 aliphatic carbocycles. The van der Waals surface area contributed by atoms with E-state index in [2.05, 4.69) is 22.2 Å². The predicted octanol–water partition coefficient (Wildman–Crippen LogP) is 3.11. The molecule has 1 N–H and O–H groups in total. The monoisotopic (exact) mass is 275 g/mol. The van der Waals surface area contributed by atoms with Gasteiger partial charge in [0.15, 0.2) is 0 Å². The minimum Gasteiger partial charge on any atom is -0.481 e.